The van der Waals surface area contributed by atoms with Gasteiger partial charge in [0.05, 0.1) is 0 Å². The highest BCUT2D eigenvalue weighted by molar-refractivity contribution is 5.41. The number of phenols is 4. The van der Waals surface area contributed by atoms with E-state index >= 15 is 0 Å². The van der Waals surface area contributed by atoms with E-state index in [9.17, 15) is 20.4 Å². The van der Waals surface area contributed by atoms with Crippen LogP contribution in [0.2, 0.25) is 0 Å². The summed E-state index contributed by atoms with van der Waals surface area (Å²) in [5.41, 5.74) is 4.45. The fourth-order valence-electron chi connectivity index (χ4n) is 4.00. The van der Waals surface area contributed by atoms with Gasteiger partial charge in [-0.15, -0.1) is 0 Å². The zero-order chi connectivity index (χ0) is 24.7. The van der Waals surface area contributed by atoms with Crippen molar-refractivity contribution in [2.24, 2.45) is 0 Å². The summed E-state index contributed by atoms with van der Waals surface area (Å²) >= 11 is 0. The van der Waals surface area contributed by atoms with Crippen molar-refractivity contribution in [1.82, 2.24) is 0 Å². The molecule has 4 rings (SSSR count). The number of benzene rings is 4. The van der Waals surface area contributed by atoms with Crippen molar-refractivity contribution in [1.29, 1.82) is 0 Å². The smallest absolute Gasteiger partial charge is 0.115 e. The van der Waals surface area contributed by atoms with Crippen LogP contribution in [0.15, 0.2) is 97.1 Å². The van der Waals surface area contributed by atoms with E-state index in [1.54, 1.807) is 48.5 Å². The van der Waals surface area contributed by atoms with Gasteiger partial charge in [-0.05, 0) is 77.2 Å². The Morgan fingerprint density at radius 1 is 0.500 bits per heavy atom. The first-order chi connectivity index (χ1) is 16.2. The highest BCUT2D eigenvalue weighted by Gasteiger charge is 2.22. The average molecular weight is 457 g/mol. The number of hydrogen-bond donors (Lipinski definition) is 4. The first-order valence-electron chi connectivity index (χ1n) is 11.4. The molecule has 176 valence electrons. The molecule has 4 N–H and O–H groups in total. The molecule has 0 aliphatic carbocycles. The first-order valence-corrected chi connectivity index (χ1v) is 11.4. The van der Waals surface area contributed by atoms with Crippen molar-refractivity contribution in [3.8, 4) is 23.0 Å². The predicted octanol–water partition coefficient (Wildman–Crippen LogP) is 7.06. The van der Waals surface area contributed by atoms with Crippen molar-refractivity contribution >= 4 is 0 Å². The Morgan fingerprint density at radius 2 is 0.765 bits per heavy atom. The van der Waals surface area contributed by atoms with E-state index in [-0.39, 0.29) is 28.4 Å². The van der Waals surface area contributed by atoms with E-state index < -0.39 is 0 Å². The third-order valence-electron chi connectivity index (χ3n) is 6.18. The predicted molar refractivity (Wildman–Crippen MR) is 137 cm³/mol. The van der Waals surface area contributed by atoms with Crippen LogP contribution in [0.4, 0.5) is 0 Å². The Morgan fingerprint density at radius 3 is 1.03 bits per heavy atom. The van der Waals surface area contributed by atoms with Gasteiger partial charge in [0.25, 0.3) is 0 Å². The third-order valence-corrected chi connectivity index (χ3v) is 6.18. The maximum absolute atomic E-state index is 9.30. The van der Waals surface area contributed by atoms with Gasteiger partial charge in [-0.25, -0.2) is 0 Å². The van der Waals surface area contributed by atoms with Gasteiger partial charge in [0.2, 0.25) is 0 Å². The fourth-order valence-corrected chi connectivity index (χ4v) is 4.00. The van der Waals surface area contributed by atoms with Crippen LogP contribution in [0, 0.1) is 0 Å². The quantitative estimate of drug-likeness (QED) is 0.259. The number of hydrogen-bond acceptors (Lipinski definition) is 4. The summed E-state index contributed by atoms with van der Waals surface area (Å²) < 4.78 is 0. The summed E-state index contributed by atoms with van der Waals surface area (Å²) in [5.74, 6) is 1.42. The maximum Gasteiger partial charge on any atom is 0.115 e. The summed E-state index contributed by atoms with van der Waals surface area (Å²) in [4.78, 5) is 0. The molecule has 0 saturated carbocycles. The van der Waals surface area contributed by atoms with E-state index in [1.165, 1.54) is 11.1 Å². The molecule has 0 aromatic heterocycles. The van der Waals surface area contributed by atoms with E-state index in [0.717, 1.165) is 17.5 Å². The molecule has 0 spiro atoms. The lowest BCUT2D eigenvalue weighted by atomic mass is 9.78. The van der Waals surface area contributed by atoms with Crippen molar-refractivity contribution in [2.75, 3.05) is 0 Å². The Bertz CT molecular complexity index is 1070. The summed E-state index contributed by atoms with van der Waals surface area (Å²) in [6.07, 6.45) is 0.982. The molecule has 0 atom stereocenters. The monoisotopic (exact) mass is 456 g/mol. The van der Waals surface area contributed by atoms with Crippen LogP contribution in [-0.2, 0) is 5.41 Å². The summed E-state index contributed by atoms with van der Waals surface area (Å²) in [6.45, 7) is 6.36. The van der Waals surface area contributed by atoms with Crippen LogP contribution in [0.5, 0.6) is 23.0 Å². The van der Waals surface area contributed by atoms with Crippen LogP contribution >= 0.6 is 0 Å². The SMILES string of the molecule is CC(C)(c1ccc(O)cc1)c1ccc(O)cc1.CCC(c1ccc(O)cc1)c1ccc(O)cc1. The Hall–Kier alpha value is -3.92. The highest BCUT2D eigenvalue weighted by Crippen LogP contribution is 2.33. The summed E-state index contributed by atoms with van der Waals surface area (Å²) in [7, 11) is 0. The molecule has 4 heteroatoms. The number of phenolic OH excluding ortho intramolecular Hbond substituents is 4. The molecule has 4 aromatic carbocycles. The largest absolute Gasteiger partial charge is 0.508 e. The average Bonchev–Trinajstić information content (AvgIpc) is 2.83. The van der Waals surface area contributed by atoms with Gasteiger partial charge < -0.3 is 20.4 Å². The molecule has 0 unspecified atom stereocenters. The molecule has 0 saturated heterocycles. The van der Waals surface area contributed by atoms with Crippen LogP contribution < -0.4 is 0 Å². The molecule has 4 aromatic rings. The van der Waals surface area contributed by atoms with Crippen molar-refractivity contribution in [3.05, 3.63) is 119 Å². The van der Waals surface area contributed by atoms with Gasteiger partial charge in [0, 0.05) is 11.3 Å². The number of aromatic hydroxyl groups is 4. The first kappa shape index (κ1) is 24.7. The Balaban J connectivity index is 0.000000191. The van der Waals surface area contributed by atoms with Crippen LogP contribution in [0.1, 0.15) is 55.4 Å². The lowest BCUT2D eigenvalue weighted by molar-refractivity contribution is 0.473. The number of rotatable bonds is 5. The van der Waals surface area contributed by atoms with Gasteiger partial charge in [-0.1, -0.05) is 69.3 Å². The van der Waals surface area contributed by atoms with Crippen molar-refractivity contribution in [2.45, 2.75) is 38.5 Å². The third kappa shape index (κ3) is 6.10. The molecule has 4 nitrogen and oxygen atoms in total. The Kier molecular flexibility index (Phi) is 7.85. The van der Waals surface area contributed by atoms with E-state index in [4.69, 9.17) is 0 Å². The molecule has 34 heavy (non-hydrogen) atoms. The van der Waals surface area contributed by atoms with E-state index in [2.05, 4.69) is 20.8 Å². The van der Waals surface area contributed by atoms with Gasteiger partial charge >= 0.3 is 0 Å². The Labute approximate surface area is 201 Å². The van der Waals surface area contributed by atoms with Crippen LogP contribution in [0.25, 0.3) is 0 Å². The molecular formula is C30H32O4. The topological polar surface area (TPSA) is 80.9 Å². The fraction of sp³-hybridized carbons (Fsp3) is 0.200. The molecule has 0 bridgehead atoms. The van der Waals surface area contributed by atoms with Gasteiger partial charge in [0.1, 0.15) is 23.0 Å². The molecule has 0 aliphatic heterocycles. The molecule has 0 heterocycles. The summed E-state index contributed by atoms with van der Waals surface area (Å²) in [5, 5.41) is 37.2. The second-order valence-corrected chi connectivity index (χ2v) is 8.86. The van der Waals surface area contributed by atoms with Crippen LogP contribution in [0.3, 0.4) is 0 Å². The normalized spacial score (nSPS) is 11.1. The highest BCUT2D eigenvalue weighted by atomic mass is 16.3. The summed E-state index contributed by atoms with van der Waals surface area (Å²) in [6, 6.07) is 29.0. The van der Waals surface area contributed by atoms with Crippen molar-refractivity contribution in [3.63, 3.8) is 0 Å². The molecule has 0 aliphatic rings. The molecule has 0 radical (unpaired) electrons. The van der Waals surface area contributed by atoms with E-state index in [0.29, 0.717) is 5.92 Å². The molecule has 0 amide bonds. The van der Waals surface area contributed by atoms with Gasteiger partial charge in [-0.3, -0.25) is 0 Å². The minimum absolute atomic E-state index is 0.151. The van der Waals surface area contributed by atoms with Gasteiger partial charge in [0.15, 0.2) is 0 Å². The standard InChI is InChI=1S/2C15H16O2/c1-15(2,11-3-7-13(16)8-4-11)12-5-9-14(17)10-6-12;1-2-15(11-3-7-13(16)8-4-11)12-5-9-14(17)10-6-12/h3-10,16-17H,1-2H3;3-10,15-17H,2H2,1H3. The zero-order valence-electron chi connectivity index (χ0n) is 19.8. The minimum Gasteiger partial charge on any atom is -0.508 e. The van der Waals surface area contributed by atoms with Crippen LogP contribution in [-0.4, -0.2) is 20.4 Å². The second-order valence-electron chi connectivity index (χ2n) is 8.86. The van der Waals surface area contributed by atoms with Gasteiger partial charge in [-0.2, -0.15) is 0 Å². The minimum atomic E-state index is -0.151. The maximum atomic E-state index is 9.30. The van der Waals surface area contributed by atoms with E-state index in [1.807, 2.05) is 48.5 Å². The van der Waals surface area contributed by atoms with Crippen molar-refractivity contribution < 1.29 is 20.4 Å². The lowest BCUT2D eigenvalue weighted by Gasteiger charge is -2.26. The molecular weight excluding hydrogens is 424 g/mol. The lowest BCUT2D eigenvalue weighted by Crippen LogP contribution is -2.18. The molecule has 0 fully saturated rings. The second kappa shape index (κ2) is 10.8. The zero-order valence-corrected chi connectivity index (χ0v) is 19.8.